The average molecular weight is 614 g/mol. The van der Waals surface area contributed by atoms with Crippen LogP contribution in [0.4, 0.5) is 0 Å². The Morgan fingerprint density at radius 2 is 0.894 bits per heavy atom. The molecule has 0 fully saturated rings. The second kappa shape index (κ2) is 10.3. The van der Waals surface area contributed by atoms with E-state index < -0.39 is 0 Å². The molecule has 0 aliphatic rings. The molecule has 0 aliphatic carbocycles. The number of aromatic nitrogens is 1. The van der Waals surface area contributed by atoms with E-state index in [1.54, 1.807) is 0 Å². The Morgan fingerprint density at radius 3 is 1.57 bits per heavy atom. The van der Waals surface area contributed by atoms with E-state index in [4.69, 9.17) is 4.98 Å². The van der Waals surface area contributed by atoms with Crippen molar-refractivity contribution in [1.29, 1.82) is 0 Å². The highest BCUT2D eigenvalue weighted by molar-refractivity contribution is 7.26. The fourth-order valence-electron chi connectivity index (χ4n) is 7.49. The third kappa shape index (κ3) is 4.12. The van der Waals surface area contributed by atoms with Crippen LogP contribution in [0.2, 0.25) is 0 Å². The lowest BCUT2D eigenvalue weighted by molar-refractivity contribution is 1.37. The predicted octanol–water partition coefficient (Wildman–Crippen LogP) is 13.1. The van der Waals surface area contributed by atoms with Crippen molar-refractivity contribution in [1.82, 2.24) is 4.98 Å². The molecule has 0 amide bonds. The predicted molar refractivity (Wildman–Crippen MR) is 203 cm³/mol. The highest BCUT2D eigenvalue weighted by Crippen LogP contribution is 2.46. The number of hydrogen-bond donors (Lipinski definition) is 0. The summed E-state index contributed by atoms with van der Waals surface area (Å²) in [5.41, 5.74) is 7.15. The molecule has 2 aromatic heterocycles. The summed E-state index contributed by atoms with van der Waals surface area (Å²) < 4.78 is 2.52. The minimum absolute atomic E-state index is 1.04. The molecule has 0 saturated carbocycles. The van der Waals surface area contributed by atoms with Gasteiger partial charge < -0.3 is 0 Å². The minimum Gasteiger partial charge on any atom is -0.255 e. The number of thiophene rings is 1. The van der Waals surface area contributed by atoms with E-state index in [-0.39, 0.29) is 0 Å². The van der Waals surface area contributed by atoms with Crippen LogP contribution in [0.3, 0.4) is 0 Å². The Hall–Kier alpha value is -5.83. The van der Waals surface area contributed by atoms with Crippen molar-refractivity contribution in [3.05, 3.63) is 164 Å². The summed E-state index contributed by atoms with van der Waals surface area (Å²) in [6, 6.07) is 57.8. The number of rotatable bonds is 3. The summed E-state index contributed by atoms with van der Waals surface area (Å²) >= 11 is 1.83. The van der Waals surface area contributed by atoms with Crippen LogP contribution in [-0.4, -0.2) is 4.98 Å². The molecule has 0 radical (unpaired) electrons. The van der Waals surface area contributed by atoms with Gasteiger partial charge in [-0.15, -0.1) is 11.3 Å². The first-order valence-electron chi connectivity index (χ1n) is 16.0. The zero-order valence-corrected chi connectivity index (χ0v) is 26.3. The largest absolute Gasteiger partial charge is 0.255 e. The van der Waals surface area contributed by atoms with Crippen LogP contribution in [0, 0.1) is 0 Å². The van der Waals surface area contributed by atoms with Gasteiger partial charge in [0.25, 0.3) is 0 Å². The standard InChI is InChI=1S/C45H27NS/c1-3-11-30-25-32(19-17-28(30)9-1)42-36-14-5-6-15-37(36)43(33-20-18-29-10-2-4-12-31(29)26-33)40-27-34(21-22-38(40)42)44-45-39(23-24-46-44)35-13-7-8-16-41(35)47-45/h1-27H. The SMILES string of the molecule is c1ccc2cc(-c3c4ccccc4c(-c4ccc5ccccc5c4)c4cc(-c5nccc6c5sc5ccccc56)ccc34)ccc2c1. The van der Waals surface area contributed by atoms with Crippen molar-refractivity contribution in [2.75, 3.05) is 0 Å². The maximum absolute atomic E-state index is 5.01. The fourth-order valence-corrected chi connectivity index (χ4v) is 8.70. The maximum Gasteiger partial charge on any atom is 0.0880 e. The zero-order chi connectivity index (χ0) is 30.9. The van der Waals surface area contributed by atoms with Gasteiger partial charge in [0.2, 0.25) is 0 Å². The Balaban J connectivity index is 1.33. The highest BCUT2D eigenvalue weighted by Gasteiger charge is 2.19. The minimum atomic E-state index is 1.04. The smallest absolute Gasteiger partial charge is 0.0880 e. The van der Waals surface area contributed by atoms with Crippen molar-refractivity contribution < 1.29 is 0 Å². The molecule has 0 N–H and O–H groups in total. The van der Waals surface area contributed by atoms with Crippen molar-refractivity contribution in [2.45, 2.75) is 0 Å². The number of hydrogen-bond acceptors (Lipinski definition) is 2. The van der Waals surface area contributed by atoms with Crippen molar-refractivity contribution in [3.63, 3.8) is 0 Å². The summed E-state index contributed by atoms with van der Waals surface area (Å²) in [6.07, 6.45) is 1.96. The molecule has 0 aliphatic heterocycles. The van der Waals surface area contributed by atoms with Crippen molar-refractivity contribution >= 4 is 74.6 Å². The first-order chi connectivity index (χ1) is 23.3. The Morgan fingerprint density at radius 1 is 0.362 bits per heavy atom. The quantitative estimate of drug-likeness (QED) is 0.181. The van der Waals surface area contributed by atoms with Gasteiger partial charge in [0.1, 0.15) is 0 Å². The Labute approximate surface area is 276 Å². The molecule has 0 atom stereocenters. The van der Waals surface area contributed by atoms with Crippen LogP contribution in [-0.2, 0) is 0 Å². The molecule has 218 valence electrons. The number of benzene rings is 8. The van der Waals surface area contributed by atoms with Gasteiger partial charge in [0, 0.05) is 27.2 Å². The van der Waals surface area contributed by atoms with Crippen molar-refractivity contribution in [3.8, 4) is 33.5 Å². The van der Waals surface area contributed by atoms with Crippen LogP contribution < -0.4 is 0 Å². The van der Waals surface area contributed by atoms with E-state index in [1.165, 1.54) is 85.5 Å². The number of pyridine rings is 1. The summed E-state index contributed by atoms with van der Waals surface area (Å²) in [7, 11) is 0. The molecule has 0 unspecified atom stereocenters. The lowest BCUT2D eigenvalue weighted by Gasteiger charge is -2.19. The lowest BCUT2D eigenvalue weighted by atomic mass is 9.84. The van der Waals surface area contributed by atoms with E-state index in [0.29, 0.717) is 0 Å². The third-order valence-electron chi connectivity index (χ3n) is 9.67. The van der Waals surface area contributed by atoms with Crippen LogP contribution in [0.1, 0.15) is 0 Å². The van der Waals surface area contributed by atoms with E-state index >= 15 is 0 Å². The Bertz CT molecular complexity index is 2860. The van der Waals surface area contributed by atoms with Crippen LogP contribution in [0.5, 0.6) is 0 Å². The van der Waals surface area contributed by atoms with Gasteiger partial charge >= 0.3 is 0 Å². The molecule has 0 bridgehead atoms. The van der Waals surface area contributed by atoms with Crippen LogP contribution >= 0.6 is 11.3 Å². The van der Waals surface area contributed by atoms with E-state index in [1.807, 2.05) is 17.5 Å². The summed E-state index contributed by atoms with van der Waals surface area (Å²) in [4.78, 5) is 5.01. The van der Waals surface area contributed by atoms with Gasteiger partial charge in [-0.3, -0.25) is 4.98 Å². The fraction of sp³-hybridized carbons (Fsp3) is 0. The molecule has 0 saturated heterocycles. The number of nitrogens with zero attached hydrogens (tertiary/aromatic N) is 1. The molecule has 0 spiro atoms. The maximum atomic E-state index is 5.01. The molecular weight excluding hydrogens is 587 g/mol. The third-order valence-corrected chi connectivity index (χ3v) is 10.9. The van der Waals surface area contributed by atoms with Crippen LogP contribution in [0.15, 0.2) is 164 Å². The van der Waals surface area contributed by atoms with Gasteiger partial charge in [-0.2, -0.15) is 0 Å². The number of fused-ring (bicyclic) bond motifs is 7. The summed E-state index contributed by atoms with van der Waals surface area (Å²) in [6.45, 7) is 0. The topological polar surface area (TPSA) is 12.9 Å². The summed E-state index contributed by atoms with van der Waals surface area (Å²) in [5.74, 6) is 0. The molecule has 10 rings (SSSR count). The molecule has 8 aromatic carbocycles. The highest BCUT2D eigenvalue weighted by atomic mass is 32.1. The molecule has 1 nitrogen and oxygen atoms in total. The van der Waals surface area contributed by atoms with E-state index in [0.717, 1.165) is 11.3 Å². The molecule has 2 heteroatoms. The second-order valence-corrected chi connectivity index (χ2v) is 13.4. The molecule has 2 heterocycles. The zero-order valence-electron chi connectivity index (χ0n) is 25.4. The molecular formula is C45H27NS. The van der Waals surface area contributed by atoms with Gasteiger partial charge in [-0.25, -0.2) is 0 Å². The second-order valence-electron chi connectivity index (χ2n) is 12.3. The van der Waals surface area contributed by atoms with Gasteiger partial charge in [0.05, 0.1) is 10.4 Å². The Kier molecular flexibility index (Phi) is 5.81. The van der Waals surface area contributed by atoms with Crippen molar-refractivity contribution in [2.24, 2.45) is 0 Å². The normalized spacial score (nSPS) is 11.8. The molecule has 10 aromatic rings. The summed E-state index contributed by atoms with van der Waals surface area (Å²) in [5, 5.41) is 12.5. The van der Waals surface area contributed by atoms with E-state index in [2.05, 4.69) is 158 Å². The van der Waals surface area contributed by atoms with Crippen LogP contribution in [0.25, 0.3) is 96.8 Å². The lowest BCUT2D eigenvalue weighted by Crippen LogP contribution is -1.92. The molecule has 47 heavy (non-hydrogen) atoms. The first kappa shape index (κ1) is 26.4. The monoisotopic (exact) mass is 613 g/mol. The van der Waals surface area contributed by atoms with Gasteiger partial charge in [-0.05, 0) is 95.7 Å². The van der Waals surface area contributed by atoms with E-state index in [9.17, 15) is 0 Å². The van der Waals surface area contributed by atoms with Gasteiger partial charge in [-0.1, -0.05) is 127 Å². The van der Waals surface area contributed by atoms with Gasteiger partial charge in [0.15, 0.2) is 0 Å². The average Bonchev–Trinajstić information content (AvgIpc) is 3.52. The first-order valence-corrected chi connectivity index (χ1v) is 16.9.